The Morgan fingerprint density at radius 1 is 1.19 bits per heavy atom. The number of pyridine rings is 1. The zero-order valence-corrected chi connectivity index (χ0v) is 18.0. The minimum atomic E-state index is -5.08. The Hall–Kier alpha value is -2.65. The fourth-order valence-corrected chi connectivity index (χ4v) is 4.33. The number of amides is 2. The molecule has 2 aliphatic heterocycles. The van der Waals surface area contributed by atoms with Crippen LogP contribution in [0.25, 0.3) is 0 Å². The van der Waals surface area contributed by atoms with Crippen molar-refractivity contribution in [2.75, 3.05) is 19.6 Å². The molecule has 1 N–H and O–H groups in total. The number of carbonyl (C=O) groups is 3. The van der Waals surface area contributed by atoms with Crippen LogP contribution in [0.4, 0.5) is 13.2 Å². The zero-order chi connectivity index (χ0) is 23.5. The van der Waals surface area contributed by atoms with Crippen LogP contribution in [-0.4, -0.2) is 63.5 Å². The molecular weight excluding hydrogens is 427 g/mol. The molecule has 10 heteroatoms. The molecule has 0 unspecified atom stereocenters. The summed E-state index contributed by atoms with van der Waals surface area (Å²) in [6.45, 7) is 5.12. The van der Waals surface area contributed by atoms with E-state index in [-0.39, 0.29) is 11.3 Å². The minimum absolute atomic E-state index is 0.193. The van der Waals surface area contributed by atoms with Crippen LogP contribution in [0.2, 0.25) is 0 Å². The molecule has 0 bridgehead atoms. The number of carbonyl (C=O) groups excluding carboxylic acids is 2. The van der Waals surface area contributed by atoms with Crippen LogP contribution in [0, 0.1) is 18.3 Å². The number of likely N-dealkylation sites (tertiary alicyclic amines) is 2. The molecule has 32 heavy (non-hydrogen) atoms. The third kappa shape index (κ3) is 6.20. The van der Waals surface area contributed by atoms with E-state index in [2.05, 4.69) is 9.88 Å². The summed E-state index contributed by atoms with van der Waals surface area (Å²) in [6.07, 6.45) is 0.711. The molecule has 3 heterocycles. The molecular formula is C22H28F3N3O4. The van der Waals surface area contributed by atoms with Gasteiger partial charge in [0.1, 0.15) is 0 Å². The number of aromatic nitrogens is 1. The van der Waals surface area contributed by atoms with Gasteiger partial charge >= 0.3 is 12.1 Å². The number of nitrogens with zero attached hydrogens (tertiary/aromatic N) is 3. The van der Waals surface area contributed by atoms with E-state index in [9.17, 15) is 22.8 Å². The van der Waals surface area contributed by atoms with Crippen molar-refractivity contribution < 1.29 is 32.7 Å². The van der Waals surface area contributed by atoms with Gasteiger partial charge in [-0.2, -0.15) is 13.2 Å². The summed E-state index contributed by atoms with van der Waals surface area (Å²) in [5.41, 5.74) is 2.15. The molecule has 3 fully saturated rings. The van der Waals surface area contributed by atoms with E-state index in [1.54, 1.807) is 0 Å². The van der Waals surface area contributed by atoms with E-state index in [4.69, 9.17) is 9.90 Å². The summed E-state index contributed by atoms with van der Waals surface area (Å²) in [5.74, 6) is -1.84. The fourth-order valence-electron chi connectivity index (χ4n) is 4.33. The molecule has 7 nitrogen and oxygen atoms in total. The lowest BCUT2D eigenvalue weighted by Crippen LogP contribution is -2.52. The summed E-state index contributed by atoms with van der Waals surface area (Å²) >= 11 is 0. The average Bonchev–Trinajstić information content (AvgIpc) is 3.56. The molecule has 1 aromatic rings. The highest BCUT2D eigenvalue weighted by Gasteiger charge is 2.43. The lowest BCUT2D eigenvalue weighted by atomic mass is 9.72. The highest BCUT2D eigenvalue weighted by atomic mass is 19.4. The first-order valence-corrected chi connectivity index (χ1v) is 10.8. The zero-order valence-electron chi connectivity index (χ0n) is 18.0. The quantitative estimate of drug-likeness (QED) is 0.756. The molecule has 176 valence electrons. The van der Waals surface area contributed by atoms with Crippen molar-refractivity contribution in [1.29, 1.82) is 0 Å². The SMILES string of the molecule is Cc1cccc(CN2CC3(CCC2=O)CCN(C(=O)C2CC2)CC3)n1.O=C(O)C(F)(F)F. The van der Waals surface area contributed by atoms with Gasteiger partial charge < -0.3 is 14.9 Å². The fraction of sp³-hybridized carbons (Fsp3) is 0.636. The lowest BCUT2D eigenvalue weighted by molar-refractivity contribution is -0.192. The van der Waals surface area contributed by atoms with Gasteiger partial charge in [-0.25, -0.2) is 4.79 Å². The maximum absolute atomic E-state index is 12.4. The van der Waals surface area contributed by atoms with Crippen LogP contribution < -0.4 is 0 Å². The van der Waals surface area contributed by atoms with Gasteiger partial charge in [0, 0.05) is 37.7 Å². The highest BCUT2D eigenvalue weighted by molar-refractivity contribution is 5.81. The number of carboxylic acids is 1. The van der Waals surface area contributed by atoms with E-state index < -0.39 is 12.1 Å². The summed E-state index contributed by atoms with van der Waals surface area (Å²) in [5, 5.41) is 7.12. The topological polar surface area (TPSA) is 90.8 Å². The van der Waals surface area contributed by atoms with E-state index in [1.165, 1.54) is 0 Å². The lowest BCUT2D eigenvalue weighted by Gasteiger charge is -2.47. The Labute approximate surface area is 184 Å². The second-order valence-electron chi connectivity index (χ2n) is 8.92. The van der Waals surface area contributed by atoms with Crippen molar-refractivity contribution in [3.05, 3.63) is 29.6 Å². The Morgan fingerprint density at radius 3 is 2.34 bits per heavy atom. The van der Waals surface area contributed by atoms with E-state index in [1.807, 2.05) is 30.0 Å². The Bertz CT molecular complexity index is 862. The number of rotatable bonds is 3. The van der Waals surface area contributed by atoms with Crippen LogP contribution in [0.3, 0.4) is 0 Å². The summed E-state index contributed by atoms with van der Waals surface area (Å²) < 4.78 is 31.7. The third-order valence-electron chi connectivity index (χ3n) is 6.35. The first-order valence-electron chi connectivity index (χ1n) is 10.8. The first-order chi connectivity index (χ1) is 15.0. The van der Waals surface area contributed by atoms with Crippen LogP contribution in [0.1, 0.15) is 49.9 Å². The third-order valence-corrected chi connectivity index (χ3v) is 6.35. The largest absolute Gasteiger partial charge is 0.490 e. The number of carboxylic acid groups (broad SMARTS) is 1. The van der Waals surface area contributed by atoms with Crippen LogP contribution >= 0.6 is 0 Å². The van der Waals surface area contributed by atoms with Crippen LogP contribution in [0.5, 0.6) is 0 Å². The van der Waals surface area contributed by atoms with E-state index in [0.29, 0.717) is 24.8 Å². The highest BCUT2D eigenvalue weighted by Crippen LogP contribution is 2.42. The monoisotopic (exact) mass is 455 g/mol. The van der Waals surface area contributed by atoms with Gasteiger partial charge in [0.05, 0.1) is 12.2 Å². The molecule has 2 saturated heterocycles. The number of aliphatic carboxylic acids is 1. The average molecular weight is 455 g/mol. The number of hydrogen-bond acceptors (Lipinski definition) is 4. The summed E-state index contributed by atoms with van der Waals surface area (Å²) in [4.78, 5) is 42.2. The van der Waals surface area contributed by atoms with Gasteiger partial charge in [0.2, 0.25) is 11.8 Å². The van der Waals surface area contributed by atoms with Crippen molar-refractivity contribution >= 4 is 17.8 Å². The molecule has 2 amide bonds. The summed E-state index contributed by atoms with van der Waals surface area (Å²) in [6, 6.07) is 5.98. The van der Waals surface area contributed by atoms with Crippen molar-refractivity contribution in [3.63, 3.8) is 0 Å². The molecule has 1 aliphatic carbocycles. The van der Waals surface area contributed by atoms with Crippen LogP contribution in [0.15, 0.2) is 18.2 Å². The first kappa shape index (κ1) is 24.0. The van der Waals surface area contributed by atoms with Gasteiger partial charge in [-0.15, -0.1) is 0 Å². The number of alkyl halides is 3. The number of hydrogen-bond donors (Lipinski definition) is 1. The van der Waals surface area contributed by atoms with E-state index >= 15 is 0 Å². The molecule has 4 rings (SSSR count). The Balaban J connectivity index is 0.000000360. The molecule has 0 radical (unpaired) electrons. The normalized spacial score (nSPS) is 20.6. The predicted octanol–water partition coefficient (Wildman–Crippen LogP) is 3.16. The molecule has 1 aromatic heterocycles. The molecule has 1 spiro atoms. The van der Waals surface area contributed by atoms with Crippen molar-refractivity contribution in [1.82, 2.24) is 14.8 Å². The van der Waals surface area contributed by atoms with Crippen molar-refractivity contribution in [2.45, 2.75) is 58.2 Å². The Kier molecular flexibility index (Phi) is 7.09. The van der Waals surface area contributed by atoms with Gasteiger partial charge in [0.15, 0.2) is 0 Å². The summed E-state index contributed by atoms with van der Waals surface area (Å²) in [7, 11) is 0. The van der Waals surface area contributed by atoms with Gasteiger partial charge in [-0.05, 0) is 56.6 Å². The van der Waals surface area contributed by atoms with Gasteiger partial charge in [-0.1, -0.05) is 6.07 Å². The maximum atomic E-state index is 12.4. The second kappa shape index (κ2) is 9.46. The van der Waals surface area contributed by atoms with E-state index in [0.717, 1.165) is 63.1 Å². The predicted molar refractivity (Wildman–Crippen MR) is 108 cm³/mol. The van der Waals surface area contributed by atoms with Gasteiger partial charge in [-0.3, -0.25) is 14.6 Å². The van der Waals surface area contributed by atoms with Gasteiger partial charge in [0.25, 0.3) is 0 Å². The number of aryl methyl sites for hydroxylation is 1. The molecule has 0 atom stereocenters. The molecule has 1 saturated carbocycles. The standard InChI is InChI=1S/C20H27N3O2.C2HF3O2/c1-15-3-2-4-17(21-15)13-23-14-20(8-7-18(23)24)9-11-22(12-10-20)19(25)16-5-6-16;3-2(4,5)1(6)7/h2-4,16H,5-14H2,1H3;(H,6,7). The molecule has 0 aromatic carbocycles. The smallest absolute Gasteiger partial charge is 0.475 e. The maximum Gasteiger partial charge on any atom is 0.490 e. The number of piperidine rings is 2. The van der Waals surface area contributed by atoms with Crippen LogP contribution in [-0.2, 0) is 20.9 Å². The second-order valence-corrected chi connectivity index (χ2v) is 8.92. The molecule has 3 aliphatic rings. The number of halogens is 3. The van der Waals surface area contributed by atoms with Crippen molar-refractivity contribution in [2.24, 2.45) is 11.3 Å². The van der Waals surface area contributed by atoms with Crippen molar-refractivity contribution in [3.8, 4) is 0 Å². The Morgan fingerprint density at radius 2 is 1.81 bits per heavy atom. The minimum Gasteiger partial charge on any atom is -0.475 e.